The number of rotatable bonds is 7. The van der Waals surface area contributed by atoms with E-state index < -0.39 is 24.3 Å². The minimum atomic E-state index is -2.89. The van der Waals surface area contributed by atoms with Crippen LogP contribution in [0.2, 0.25) is 0 Å². The van der Waals surface area contributed by atoms with E-state index in [1.807, 2.05) is 4.90 Å². The number of hydrogen-bond acceptors (Lipinski definition) is 8. The maximum atomic E-state index is 14.0. The number of para-hydroxylation sites is 2. The van der Waals surface area contributed by atoms with Gasteiger partial charge in [0.15, 0.2) is 11.9 Å². The Morgan fingerprint density at radius 3 is 2.34 bits per heavy atom. The normalized spacial score (nSPS) is 14.9. The van der Waals surface area contributed by atoms with Crippen molar-refractivity contribution in [3.05, 3.63) is 66.0 Å². The molecule has 2 aromatic heterocycles. The molecular formula is C23H21F2N7O3. The molecule has 2 N–H and O–H groups in total. The van der Waals surface area contributed by atoms with Crippen molar-refractivity contribution in [3.63, 3.8) is 0 Å². The Morgan fingerprint density at radius 2 is 1.63 bits per heavy atom. The van der Waals surface area contributed by atoms with Gasteiger partial charge in [0, 0.05) is 13.1 Å². The molecule has 180 valence electrons. The largest absolute Gasteiger partial charge is 0.479 e. The number of carbonyl (C=O) groups is 1. The summed E-state index contributed by atoms with van der Waals surface area (Å²) in [6, 6.07) is 14.0. The molecule has 0 bridgehead atoms. The summed E-state index contributed by atoms with van der Waals surface area (Å²) >= 11 is 0. The van der Waals surface area contributed by atoms with Gasteiger partial charge < -0.3 is 20.1 Å². The van der Waals surface area contributed by atoms with Crippen LogP contribution < -0.4 is 10.2 Å². The summed E-state index contributed by atoms with van der Waals surface area (Å²) in [4.78, 5) is 31.2. The first-order chi connectivity index (χ1) is 17.0. The van der Waals surface area contributed by atoms with E-state index in [2.05, 4.69) is 25.3 Å². The zero-order chi connectivity index (χ0) is 24.4. The van der Waals surface area contributed by atoms with Gasteiger partial charge in [0.25, 0.3) is 6.43 Å². The second kappa shape index (κ2) is 9.58. The topological polar surface area (TPSA) is 118 Å². The predicted molar refractivity (Wildman–Crippen MR) is 123 cm³/mol. The molecule has 4 aromatic rings. The summed E-state index contributed by atoms with van der Waals surface area (Å²) in [7, 11) is 0. The SMILES string of the molecule is O=C(O)[C@H](Nc1nc(N2CCOCC2)nc(-n2c(C(F)F)nc3ccccc32)n1)c1ccccc1. The van der Waals surface area contributed by atoms with Crippen molar-refractivity contribution >= 4 is 28.9 Å². The maximum absolute atomic E-state index is 14.0. The molecule has 1 atom stereocenters. The Morgan fingerprint density at radius 1 is 0.943 bits per heavy atom. The van der Waals surface area contributed by atoms with Gasteiger partial charge in [-0.05, 0) is 17.7 Å². The summed E-state index contributed by atoms with van der Waals surface area (Å²) in [6.07, 6.45) is -2.89. The lowest BCUT2D eigenvalue weighted by Crippen LogP contribution is -2.38. The highest BCUT2D eigenvalue weighted by molar-refractivity contribution is 5.79. The van der Waals surface area contributed by atoms with Gasteiger partial charge in [0.2, 0.25) is 17.8 Å². The van der Waals surface area contributed by atoms with Crippen LogP contribution in [0.3, 0.4) is 0 Å². The number of morpholine rings is 1. The van der Waals surface area contributed by atoms with Gasteiger partial charge >= 0.3 is 5.97 Å². The second-order valence-electron chi connectivity index (χ2n) is 7.78. The van der Waals surface area contributed by atoms with Crippen molar-refractivity contribution in [1.82, 2.24) is 24.5 Å². The van der Waals surface area contributed by atoms with Gasteiger partial charge in [-0.15, -0.1) is 0 Å². The summed E-state index contributed by atoms with van der Waals surface area (Å²) in [6.45, 7) is 1.86. The highest BCUT2D eigenvalue weighted by atomic mass is 19.3. The number of aliphatic carboxylic acids is 1. The number of carboxylic acids is 1. The van der Waals surface area contributed by atoms with Gasteiger partial charge in [-0.1, -0.05) is 42.5 Å². The highest BCUT2D eigenvalue weighted by Gasteiger charge is 2.26. The average molecular weight is 481 g/mol. The molecule has 0 aliphatic carbocycles. The summed E-state index contributed by atoms with van der Waals surface area (Å²) in [5, 5.41) is 12.7. The van der Waals surface area contributed by atoms with Gasteiger partial charge in [-0.2, -0.15) is 15.0 Å². The number of anilines is 2. The molecule has 0 spiro atoms. The van der Waals surface area contributed by atoms with Crippen LogP contribution in [0.1, 0.15) is 23.9 Å². The number of fused-ring (bicyclic) bond motifs is 1. The van der Waals surface area contributed by atoms with Crippen molar-refractivity contribution in [3.8, 4) is 5.95 Å². The van der Waals surface area contributed by atoms with E-state index in [1.165, 1.54) is 4.57 Å². The van der Waals surface area contributed by atoms with E-state index in [4.69, 9.17) is 4.74 Å². The molecule has 1 fully saturated rings. The van der Waals surface area contributed by atoms with Crippen LogP contribution in [-0.2, 0) is 9.53 Å². The third kappa shape index (κ3) is 4.60. The van der Waals surface area contributed by atoms with Crippen molar-refractivity contribution in [2.75, 3.05) is 36.5 Å². The Bertz CT molecular complexity index is 1340. The molecular weight excluding hydrogens is 460 g/mol. The number of nitrogens with one attached hydrogen (secondary N) is 1. The molecule has 1 saturated heterocycles. The van der Waals surface area contributed by atoms with Crippen LogP contribution in [0.4, 0.5) is 20.7 Å². The number of imidazole rings is 1. The first-order valence-corrected chi connectivity index (χ1v) is 10.9. The Hall–Kier alpha value is -4.19. The van der Waals surface area contributed by atoms with Gasteiger partial charge in [0.05, 0.1) is 24.2 Å². The molecule has 5 rings (SSSR count). The molecule has 0 radical (unpaired) electrons. The lowest BCUT2D eigenvalue weighted by Gasteiger charge is -2.27. The molecule has 10 nitrogen and oxygen atoms in total. The average Bonchev–Trinajstić information content (AvgIpc) is 3.28. The molecule has 35 heavy (non-hydrogen) atoms. The van der Waals surface area contributed by atoms with Crippen LogP contribution in [0.25, 0.3) is 17.0 Å². The molecule has 2 aromatic carbocycles. The highest BCUT2D eigenvalue weighted by Crippen LogP contribution is 2.28. The second-order valence-corrected chi connectivity index (χ2v) is 7.78. The minimum Gasteiger partial charge on any atom is -0.479 e. The lowest BCUT2D eigenvalue weighted by atomic mass is 10.1. The van der Waals surface area contributed by atoms with Gasteiger partial charge in [0.1, 0.15) is 0 Å². The Balaban J connectivity index is 1.65. The smallest absolute Gasteiger partial charge is 0.330 e. The van der Waals surface area contributed by atoms with Gasteiger partial charge in [-0.25, -0.2) is 18.6 Å². The number of aromatic nitrogens is 5. The van der Waals surface area contributed by atoms with Crippen molar-refractivity contribution < 1.29 is 23.4 Å². The molecule has 0 saturated carbocycles. The van der Waals surface area contributed by atoms with E-state index in [-0.39, 0.29) is 17.8 Å². The third-order valence-corrected chi connectivity index (χ3v) is 5.54. The van der Waals surface area contributed by atoms with Crippen molar-refractivity contribution in [2.45, 2.75) is 12.5 Å². The van der Waals surface area contributed by atoms with Crippen LogP contribution in [-0.4, -0.2) is 61.9 Å². The van der Waals surface area contributed by atoms with E-state index in [0.717, 1.165) is 0 Å². The summed E-state index contributed by atoms with van der Waals surface area (Å²) in [5.74, 6) is -1.60. The number of carboxylic acid groups (broad SMARTS) is 1. The fourth-order valence-electron chi connectivity index (χ4n) is 3.89. The maximum Gasteiger partial charge on any atom is 0.330 e. The molecule has 1 aliphatic rings. The zero-order valence-electron chi connectivity index (χ0n) is 18.4. The van der Waals surface area contributed by atoms with E-state index in [9.17, 15) is 18.7 Å². The number of nitrogens with zero attached hydrogens (tertiary/aromatic N) is 6. The fourth-order valence-corrected chi connectivity index (χ4v) is 3.89. The van der Waals surface area contributed by atoms with Gasteiger partial charge in [-0.3, -0.25) is 4.57 Å². The number of halogens is 2. The Labute approximate surface area is 198 Å². The van der Waals surface area contributed by atoms with E-state index >= 15 is 0 Å². The molecule has 0 amide bonds. The number of ether oxygens (including phenoxy) is 1. The van der Waals surface area contributed by atoms with Crippen LogP contribution >= 0.6 is 0 Å². The van der Waals surface area contributed by atoms with Crippen molar-refractivity contribution in [1.29, 1.82) is 0 Å². The minimum absolute atomic E-state index is 0.0641. The quantitative estimate of drug-likeness (QED) is 0.410. The Kier molecular flexibility index (Phi) is 6.19. The van der Waals surface area contributed by atoms with Crippen LogP contribution in [0.15, 0.2) is 54.6 Å². The molecule has 12 heteroatoms. The number of benzene rings is 2. The molecule has 1 aliphatic heterocycles. The lowest BCUT2D eigenvalue weighted by molar-refractivity contribution is -0.138. The fraction of sp³-hybridized carbons (Fsp3) is 0.261. The van der Waals surface area contributed by atoms with E-state index in [1.54, 1.807) is 54.6 Å². The third-order valence-electron chi connectivity index (χ3n) is 5.54. The summed E-state index contributed by atoms with van der Waals surface area (Å²) < 4.78 is 34.5. The zero-order valence-corrected chi connectivity index (χ0v) is 18.4. The van der Waals surface area contributed by atoms with Crippen LogP contribution in [0, 0.1) is 0 Å². The summed E-state index contributed by atoms with van der Waals surface area (Å²) in [5.41, 5.74) is 1.24. The first-order valence-electron chi connectivity index (χ1n) is 10.9. The monoisotopic (exact) mass is 481 g/mol. The predicted octanol–water partition coefficient (Wildman–Crippen LogP) is 3.22. The number of hydrogen-bond donors (Lipinski definition) is 2. The number of alkyl halides is 2. The van der Waals surface area contributed by atoms with E-state index in [0.29, 0.717) is 42.9 Å². The van der Waals surface area contributed by atoms with Crippen LogP contribution in [0.5, 0.6) is 0 Å². The van der Waals surface area contributed by atoms with Crippen molar-refractivity contribution in [2.24, 2.45) is 0 Å². The standard InChI is InChI=1S/C23H21F2N7O3/c24-18(25)19-26-15-8-4-5-9-16(15)32(19)23-29-21(28-22(30-23)31-10-12-35-13-11-31)27-17(20(33)34)14-6-2-1-3-7-14/h1-9,17-18H,10-13H2,(H,33,34)(H,27,28,29,30)/t17-/m1/s1. The first kappa shape index (κ1) is 22.6. The molecule has 3 heterocycles. The molecule has 0 unspecified atom stereocenters.